The van der Waals surface area contributed by atoms with E-state index in [1.807, 2.05) is 0 Å². The Morgan fingerprint density at radius 2 is 1.62 bits per heavy atom. The topological polar surface area (TPSA) is 54.4 Å². The van der Waals surface area contributed by atoms with Crippen molar-refractivity contribution in [2.45, 2.75) is 112 Å². The van der Waals surface area contributed by atoms with Gasteiger partial charge < -0.3 is 5.11 Å². The fourth-order valence-corrected chi connectivity index (χ4v) is 11.1. The first kappa shape index (κ1) is 24.6. The van der Waals surface area contributed by atoms with Crippen LogP contribution in [0.25, 0.3) is 0 Å². The van der Waals surface area contributed by atoms with E-state index in [1.54, 1.807) is 6.92 Å². The smallest absolute Gasteiger partial charge is 0.310 e. The van der Waals surface area contributed by atoms with E-state index in [0.29, 0.717) is 39.3 Å². The molecule has 190 valence electrons. The molecule has 5 aliphatic carbocycles. The Hall–Kier alpha value is -1.12. The van der Waals surface area contributed by atoms with Crippen LogP contribution in [0.15, 0.2) is 12.2 Å². The predicted octanol–water partition coefficient (Wildman–Crippen LogP) is 7.69. The van der Waals surface area contributed by atoms with Crippen LogP contribution in [0.5, 0.6) is 0 Å². The van der Waals surface area contributed by atoms with Gasteiger partial charge in [0.25, 0.3) is 0 Å². The van der Waals surface area contributed by atoms with Gasteiger partial charge in [-0.15, -0.1) is 0 Å². The van der Waals surface area contributed by atoms with Crippen molar-refractivity contribution >= 4 is 11.8 Å². The molecule has 1 N–H and O–H groups in total. The molecule has 0 unspecified atom stereocenters. The van der Waals surface area contributed by atoms with Crippen LogP contribution in [0.3, 0.4) is 0 Å². The molecular weight excluding hydrogens is 420 g/mol. The highest BCUT2D eigenvalue weighted by Crippen LogP contribution is 2.88. The zero-order chi connectivity index (χ0) is 24.9. The first-order valence-electron chi connectivity index (χ1n) is 14.2. The van der Waals surface area contributed by atoms with Gasteiger partial charge in [0, 0.05) is 11.8 Å². The minimum absolute atomic E-state index is 0.128. The third-order valence-electron chi connectivity index (χ3n) is 13.5. The van der Waals surface area contributed by atoms with Crippen LogP contribution in [-0.2, 0) is 9.59 Å². The summed E-state index contributed by atoms with van der Waals surface area (Å²) in [4.78, 5) is 24.2. The molecule has 0 heterocycles. The lowest BCUT2D eigenvalue weighted by Gasteiger charge is -2.62. The summed E-state index contributed by atoms with van der Waals surface area (Å²) in [6.07, 6.45) is 13.2. The van der Waals surface area contributed by atoms with E-state index in [-0.39, 0.29) is 5.41 Å². The quantitative estimate of drug-likeness (QED) is 0.407. The third kappa shape index (κ3) is 2.88. The number of carboxylic acids is 1. The molecule has 5 rings (SSSR count). The average Bonchev–Trinajstić information content (AvgIpc) is 3.36. The summed E-state index contributed by atoms with van der Waals surface area (Å²) in [7, 11) is 0. The van der Waals surface area contributed by atoms with Gasteiger partial charge in [-0.1, -0.05) is 46.8 Å². The Morgan fingerprint density at radius 3 is 2.29 bits per heavy atom. The molecule has 0 amide bonds. The summed E-state index contributed by atoms with van der Waals surface area (Å²) in [5.74, 6) is 2.07. The Balaban J connectivity index is 1.35. The van der Waals surface area contributed by atoms with Gasteiger partial charge in [0.15, 0.2) is 0 Å². The van der Waals surface area contributed by atoms with Crippen LogP contribution in [0, 0.1) is 56.7 Å². The summed E-state index contributed by atoms with van der Waals surface area (Å²) in [5, 5.41) is 9.35. The van der Waals surface area contributed by atoms with Crippen molar-refractivity contribution in [3.8, 4) is 0 Å². The largest absolute Gasteiger partial charge is 0.481 e. The zero-order valence-electron chi connectivity index (χ0n) is 22.6. The van der Waals surface area contributed by atoms with Gasteiger partial charge >= 0.3 is 5.97 Å². The van der Waals surface area contributed by atoms with E-state index in [9.17, 15) is 14.7 Å². The van der Waals surface area contributed by atoms with Crippen molar-refractivity contribution in [1.29, 1.82) is 0 Å². The van der Waals surface area contributed by atoms with E-state index in [2.05, 4.69) is 41.2 Å². The van der Waals surface area contributed by atoms with Gasteiger partial charge in [0.2, 0.25) is 0 Å². The maximum Gasteiger partial charge on any atom is 0.310 e. The molecule has 2 spiro atoms. The van der Waals surface area contributed by atoms with Crippen LogP contribution >= 0.6 is 0 Å². The van der Waals surface area contributed by atoms with Gasteiger partial charge in [-0.2, -0.15) is 0 Å². The number of rotatable bonds is 6. The number of carbonyl (C=O) groups is 2. The van der Waals surface area contributed by atoms with Crippen molar-refractivity contribution < 1.29 is 14.7 Å². The number of hydrogen-bond acceptors (Lipinski definition) is 2. The van der Waals surface area contributed by atoms with Crippen molar-refractivity contribution in [1.82, 2.24) is 0 Å². The molecule has 3 heteroatoms. The molecule has 0 bridgehead atoms. The number of hydrogen-bond donors (Lipinski definition) is 1. The molecule has 0 aromatic carbocycles. The minimum atomic E-state index is -0.753. The molecule has 9 atom stereocenters. The molecule has 0 aromatic rings. The molecule has 0 saturated heterocycles. The lowest BCUT2D eigenvalue weighted by atomic mass is 9.42. The molecule has 0 aliphatic heterocycles. The summed E-state index contributed by atoms with van der Waals surface area (Å²) >= 11 is 0. The normalized spacial score (nSPS) is 48.1. The number of aliphatic carboxylic acids is 1. The third-order valence-corrected chi connectivity index (χ3v) is 13.5. The second-order valence-corrected chi connectivity index (χ2v) is 14.5. The zero-order valence-corrected chi connectivity index (χ0v) is 22.6. The Labute approximate surface area is 207 Å². The van der Waals surface area contributed by atoms with E-state index in [4.69, 9.17) is 0 Å². The van der Waals surface area contributed by atoms with Crippen molar-refractivity contribution in [3.05, 3.63) is 12.2 Å². The van der Waals surface area contributed by atoms with Crippen LogP contribution in [0.2, 0.25) is 0 Å². The predicted molar refractivity (Wildman–Crippen MR) is 136 cm³/mol. The lowest BCUT2D eigenvalue weighted by Crippen LogP contribution is -2.57. The van der Waals surface area contributed by atoms with Gasteiger partial charge in [-0.25, -0.2) is 0 Å². The maximum atomic E-state index is 12.9. The number of carboxylic acid groups (broad SMARTS) is 1. The monoisotopic (exact) mass is 468 g/mol. The fraction of sp³-hybridized carbons (Fsp3) is 0.871. The second kappa shape index (κ2) is 7.45. The van der Waals surface area contributed by atoms with E-state index >= 15 is 0 Å². The highest BCUT2D eigenvalue weighted by Gasteiger charge is 2.82. The molecule has 0 radical (unpaired) electrons. The molecule has 5 aliphatic rings. The highest BCUT2D eigenvalue weighted by molar-refractivity contribution is 5.86. The lowest BCUT2D eigenvalue weighted by molar-refractivity contribution is -0.157. The van der Waals surface area contributed by atoms with E-state index < -0.39 is 11.9 Å². The van der Waals surface area contributed by atoms with Crippen molar-refractivity contribution in [2.75, 3.05) is 0 Å². The molecule has 34 heavy (non-hydrogen) atoms. The van der Waals surface area contributed by atoms with E-state index in [0.717, 1.165) is 43.1 Å². The number of Topliss-reactive ketones (excluding diaryl/α,β-unsaturated/α-hetero) is 1. The average molecular weight is 469 g/mol. The van der Waals surface area contributed by atoms with Crippen molar-refractivity contribution in [2.24, 2.45) is 56.7 Å². The Bertz CT molecular complexity index is 918. The Morgan fingerprint density at radius 1 is 0.971 bits per heavy atom. The van der Waals surface area contributed by atoms with E-state index in [1.165, 1.54) is 44.9 Å². The van der Waals surface area contributed by atoms with Crippen molar-refractivity contribution in [3.63, 3.8) is 0 Å². The summed E-state index contributed by atoms with van der Waals surface area (Å²) in [6.45, 7) is 18.1. The molecule has 0 aromatic heterocycles. The van der Waals surface area contributed by atoms with Crippen LogP contribution in [0.1, 0.15) is 112 Å². The SMILES string of the molecule is C=C(CC[C@@H](C)[C@H]1CC[C@@]2(C)[C@@H]3CC[C@H]4C(C)(C)C(=O)CC[C@@]45C[C@@]35CC[C@]12C)[C@@H](C)C(=O)O. The first-order valence-corrected chi connectivity index (χ1v) is 14.2. The standard InChI is InChI=1S/C31H48O3/c1-19(21(3)26(33)34)8-9-20(2)22-12-14-29(7)24-11-10-23-27(4,5)25(32)13-15-30(23)18-31(24,30)17-16-28(22,29)6/h20-24H,1,8-18H2,2-7H3,(H,33,34)/t20-,21-,22-,23+,24+,28-,29+,30-,31+/m1/s1. The van der Waals surface area contributed by atoms with Gasteiger partial charge in [-0.3, -0.25) is 9.59 Å². The minimum Gasteiger partial charge on any atom is -0.481 e. The molecule has 5 fully saturated rings. The van der Waals surface area contributed by atoms with Gasteiger partial charge in [-0.05, 0) is 116 Å². The Kier molecular flexibility index (Phi) is 5.38. The number of carbonyl (C=O) groups excluding carboxylic acids is 1. The number of fused-ring (bicyclic) bond motifs is 2. The molecule has 3 nitrogen and oxygen atoms in total. The van der Waals surface area contributed by atoms with Gasteiger partial charge in [0.1, 0.15) is 5.78 Å². The molecule has 5 saturated carbocycles. The summed E-state index contributed by atoms with van der Waals surface area (Å²) in [6, 6.07) is 0. The number of ketones is 1. The first-order chi connectivity index (χ1) is 15.8. The van der Waals surface area contributed by atoms with Crippen LogP contribution in [-0.4, -0.2) is 16.9 Å². The van der Waals surface area contributed by atoms with Gasteiger partial charge in [0.05, 0.1) is 5.92 Å². The summed E-state index contributed by atoms with van der Waals surface area (Å²) in [5.41, 5.74) is 2.48. The van der Waals surface area contributed by atoms with Crippen LogP contribution < -0.4 is 0 Å². The highest BCUT2D eigenvalue weighted by atomic mass is 16.4. The fourth-order valence-electron chi connectivity index (χ4n) is 11.1. The second-order valence-electron chi connectivity index (χ2n) is 14.5. The maximum absolute atomic E-state index is 12.9. The van der Waals surface area contributed by atoms with Crippen LogP contribution in [0.4, 0.5) is 0 Å². The molecular formula is C31H48O3. The summed E-state index contributed by atoms with van der Waals surface area (Å²) < 4.78 is 0.